The van der Waals surface area contributed by atoms with Gasteiger partial charge in [-0.25, -0.2) is 0 Å². The lowest BCUT2D eigenvalue weighted by Crippen LogP contribution is -3.00. The number of nitrogens with zero attached hydrogens (tertiary/aromatic N) is 1. The molecule has 1 aromatic rings. The zero-order chi connectivity index (χ0) is 8.48. The molecule has 0 saturated heterocycles. The van der Waals surface area contributed by atoms with E-state index >= 15 is 0 Å². The Labute approximate surface area is 98.7 Å². The van der Waals surface area contributed by atoms with Crippen molar-refractivity contribution in [3.05, 3.63) is 22.6 Å². The van der Waals surface area contributed by atoms with Crippen LogP contribution in [0.2, 0.25) is 0 Å². The molecule has 0 saturated carbocycles. The van der Waals surface area contributed by atoms with E-state index in [-0.39, 0.29) is 24.0 Å². The molecule has 1 aromatic heterocycles. The molecule has 0 amide bonds. The van der Waals surface area contributed by atoms with E-state index in [2.05, 4.69) is 37.1 Å². The van der Waals surface area contributed by atoms with Crippen LogP contribution in [-0.2, 0) is 6.54 Å². The van der Waals surface area contributed by atoms with Crippen molar-refractivity contribution in [1.29, 1.82) is 0 Å². The molecule has 12 heavy (non-hydrogen) atoms. The summed E-state index contributed by atoms with van der Waals surface area (Å²) in [5, 5.41) is 0. The number of furan rings is 1. The lowest BCUT2D eigenvalue weighted by Gasteiger charge is -2.22. The maximum absolute atomic E-state index is 5.36. The molecular weight excluding hydrogens is 333 g/mol. The van der Waals surface area contributed by atoms with Gasteiger partial charge in [0.25, 0.3) is 0 Å². The number of halogens is 2. The molecule has 1 rings (SSSR count). The van der Waals surface area contributed by atoms with Crippen LogP contribution in [0.1, 0.15) is 5.76 Å². The number of hydrogen-bond acceptors (Lipinski definition) is 1. The summed E-state index contributed by atoms with van der Waals surface area (Å²) in [5.74, 6) is 1.02. The van der Waals surface area contributed by atoms with E-state index in [1.807, 2.05) is 12.1 Å². The lowest BCUT2D eigenvalue weighted by atomic mass is 10.4. The van der Waals surface area contributed by atoms with Gasteiger partial charge in [0, 0.05) is 0 Å². The van der Waals surface area contributed by atoms with E-state index < -0.39 is 0 Å². The van der Waals surface area contributed by atoms with E-state index in [0.717, 1.165) is 21.5 Å². The predicted octanol–water partition coefficient (Wildman–Crippen LogP) is -0.748. The average Bonchev–Trinajstić information content (AvgIpc) is 2.10. The standard InChI is InChI=1S/C8H13BrNO.HI/c1-10(2,3)6-7-4-5-8(9)11-7;/h4-5H,6H2,1-3H3;1H/q+1;/p-1. The Hall–Kier alpha value is 0.450. The first kappa shape index (κ1) is 12.4. The normalized spacial score (nSPS) is 11.0. The topological polar surface area (TPSA) is 13.1 Å². The number of hydrogen-bond donors (Lipinski definition) is 0. The highest BCUT2D eigenvalue weighted by molar-refractivity contribution is 9.10. The third-order valence-electron chi connectivity index (χ3n) is 1.26. The smallest absolute Gasteiger partial charge is 0.169 e. The first-order valence-electron chi connectivity index (χ1n) is 3.52. The summed E-state index contributed by atoms with van der Waals surface area (Å²) in [5.41, 5.74) is 0. The van der Waals surface area contributed by atoms with Crippen molar-refractivity contribution in [3.63, 3.8) is 0 Å². The van der Waals surface area contributed by atoms with Gasteiger partial charge in [-0.15, -0.1) is 0 Å². The summed E-state index contributed by atoms with van der Waals surface area (Å²) < 4.78 is 7.06. The first-order chi connectivity index (χ1) is 4.97. The highest BCUT2D eigenvalue weighted by Gasteiger charge is 2.10. The van der Waals surface area contributed by atoms with Gasteiger partial charge in [0.2, 0.25) is 0 Å². The fourth-order valence-electron chi connectivity index (χ4n) is 0.904. The molecule has 70 valence electrons. The van der Waals surface area contributed by atoms with E-state index in [1.54, 1.807) is 0 Å². The SMILES string of the molecule is C[N+](C)(C)Cc1ccc(Br)o1.[I-]. The van der Waals surface area contributed by atoms with Gasteiger partial charge in [0.15, 0.2) is 10.4 Å². The van der Waals surface area contributed by atoms with Crippen molar-refractivity contribution >= 4 is 15.9 Å². The molecule has 4 heteroatoms. The summed E-state index contributed by atoms with van der Waals surface area (Å²) >= 11 is 3.27. The van der Waals surface area contributed by atoms with E-state index in [9.17, 15) is 0 Å². The molecule has 0 bridgehead atoms. The Morgan fingerprint density at radius 1 is 1.33 bits per heavy atom. The minimum Gasteiger partial charge on any atom is -1.00 e. The van der Waals surface area contributed by atoms with Crippen molar-refractivity contribution < 1.29 is 32.9 Å². The van der Waals surface area contributed by atoms with Crippen LogP contribution in [-0.4, -0.2) is 25.6 Å². The Balaban J connectivity index is 0.00000121. The Morgan fingerprint density at radius 2 is 1.92 bits per heavy atom. The molecular formula is C8H13BrINO. The third kappa shape index (κ3) is 4.47. The predicted molar refractivity (Wildman–Crippen MR) is 48.1 cm³/mol. The summed E-state index contributed by atoms with van der Waals surface area (Å²) in [4.78, 5) is 0. The lowest BCUT2D eigenvalue weighted by molar-refractivity contribution is -0.884. The van der Waals surface area contributed by atoms with Crippen LogP contribution in [0.3, 0.4) is 0 Å². The van der Waals surface area contributed by atoms with Crippen LogP contribution < -0.4 is 24.0 Å². The second kappa shape index (κ2) is 4.62. The third-order valence-corrected chi connectivity index (χ3v) is 1.69. The molecule has 0 fully saturated rings. The van der Waals surface area contributed by atoms with Gasteiger partial charge in [-0.2, -0.15) is 0 Å². The van der Waals surface area contributed by atoms with Crippen molar-refractivity contribution in [2.45, 2.75) is 6.54 Å². The zero-order valence-electron chi connectivity index (χ0n) is 7.47. The molecule has 0 aliphatic heterocycles. The van der Waals surface area contributed by atoms with Crippen LogP contribution in [0.15, 0.2) is 21.2 Å². The minimum absolute atomic E-state index is 0. The summed E-state index contributed by atoms with van der Waals surface area (Å²) in [6.45, 7) is 0.922. The van der Waals surface area contributed by atoms with Crippen molar-refractivity contribution in [1.82, 2.24) is 0 Å². The highest BCUT2D eigenvalue weighted by atomic mass is 127. The molecule has 0 aromatic carbocycles. The van der Waals surface area contributed by atoms with Crippen molar-refractivity contribution in [2.24, 2.45) is 0 Å². The van der Waals surface area contributed by atoms with Gasteiger partial charge in [-0.05, 0) is 28.1 Å². The monoisotopic (exact) mass is 345 g/mol. The van der Waals surface area contributed by atoms with E-state index in [0.29, 0.717) is 0 Å². The Bertz CT molecular complexity index is 241. The van der Waals surface area contributed by atoms with Gasteiger partial charge in [0.05, 0.1) is 21.1 Å². The first-order valence-corrected chi connectivity index (χ1v) is 4.31. The largest absolute Gasteiger partial charge is 1.00 e. The van der Waals surface area contributed by atoms with Crippen LogP contribution in [0.5, 0.6) is 0 Å². The molecule has 0 aliphatic rings. The molecule has 0 N–H and O–H groups in total. The summed E-state index contributed by atoms with van der Waals surface area (Å²) in [6, 6.07) is 3.92. The van der Waals surface area contributed by atoms with Crippen LogP contribution in [0, 0.1) is 0 Å². The molecule has 0 spiro atoms. The molecule has 2 nitrogen and oxygen atoms in total. The maximum atomic E-state index is 5.36. The van der Waals surface area contributed by atoms with Gasteiger partial charge < -0.3 is 32.9 Å². The zero-order valence-corrected chi connectivity index (χ0v) is 11.2. The van der Waals surface area contributed by atoms with E-state index in [1.165, 1.54) is 0 Å². The quantitative estimate of drug-likeness (QED) is 0.508. The molecule has 0 radical (unpaired) electrons. The number of quaternary nitrogens is 1. The van der Waals surface area contributed by atoms with Crippen LogP contribution in [0.4, 0.5) is 0 Å². The van der Waals surface area contributed by atoms with Crippen LogP contribution in [0.25, 0.3) is 0 Å². The average molecular weight is 346 g/mol. The Morgan fingerprint density at radius 3 is 2.25 bits per heavy atom. The second-order valence-corrected chi connectivity index (χ2v) is 4.44. The van der Waals surface area contributed by atoms with Gasteiger partial charge in [0.1, 0.15) is 6.54 Å². The highest BCUT2D eigenvalue weighted by Crippen LogP contribution is 2.16. The fourth-order valence-corrected chi connectivity index (χ4v) is 1.24. The van der Waals surface area contributed by atoms with Crippen LogP contribution >= 0.6 is 15.9 Å². The molecule has 1 heterocycles. The van der Waals surface area contributed by atoms with Gasteiger partial charge >= 0.3 is 0 Å². The minimum atomic E-state index is 0. The molecule has 0 aliphatic carbocycles. The van der Waals surface area contributed by atoms with Gasteiger partial charge in [-0.3, -0.25) is 0 Å². The van der Waals surface area contributed by atoms with Gasteiger partial charge in [-0.1, -0.05) is 0 Å². The number of rotatable bonds is 2. The molecule has 0 unspecified atom stereocenters. The Kier molecular flexibility index (Phi) is 4.79. The summed E-state index contributed by atoms with van der Waals surface area (Å²) in [7, 11) is 6.41. The second-order valence-electron chi connectivity index (χ2n) is 3.65. The summed E-state index contributed by atoms with van der Waals surface area (Å²) in [6.07, 6.45) is 0. The maximum Gasteiger partial charge on any atom is 0.169 e. The fraction of sp³-hybridized carbons (Fsp3) is 0.500. The van der Waals surface area contributed by atoms with Crippen molar-refractivity contribution in [3.8, 4) is 0 Å². The van der Waals surface area contributed by atoms with E-state index in [4.69, 9.17) is 4.42 Å². The van der Waals surface area contributed by atoms with Crippen molar-refractivity contribution in [2.75, 3.05) is 21.1 Å². The molecule has 0 atom stereocenters.